The van der Waals surface area contributed by atoms with Gasteiger partial charge in [-0.2, -0.15) is 5.10 Å². The van der Waals surface area contributed by atoms with E-state index in [1.165, 1.54) is 0 Å². The molecule has 198 valence electrons. The molecule has 5 rings (SSSR count). The number of fused-ring (bicyclic) bond motifs is 1. The maximum Gasteiger partial charge on any atom is 0.326 e. The molecule has 10 nitrogen and oxygen atoms in total. The largest absolute Gasteiger partial charge is 0.480 e. The number of aromatic nitrogens is 4. The van der Waals surface area contributed by atoms with Crippen molar-refractivity contribution in [3.63, 3.8) is 0 Å². The van der Waals surface area contributed by atoms with Gasteiger partial charge in [0.25, 0.3) is 5.91 Å². The van der Waals surface area contributed by atoms with Crippen LogP contribution in [0.25, 0.3) is 27.5 Å². The predicted octanol–water partition coefficient (Wildman–Crippen LogP) is 3.64. The lowest BCUT2D eigenvalue weighted by Gasteiger charge is -2.39. The van der Waals surface area contributed by atoms with Crippen LogP contribution >= 0.6 is 11.3 Å². The maximum absolute atomic E-state index is 13.3. The van der Waals surface area contributed by atoms with Crippen molar-refractivity contribution < 1.29 is 14.7 Å². The second kappa shape index (κ2) is 10.9. The molecule has 0 spiro atoms. The summed E-state index contributed by atoms with van der Waals surface area (Å²) in [6.07, 6.45) is 4.07. The Bertz CT molecular complexity index is 1450. The third kappa shape index (κ3) is 4.99. The van der Waals surface area contributed by atoms with Crippen LogP contribution in [-0.4, -0.2) is 79.7 Å². The highest BCUT2D eigenvalue weighted by molar-refractivity contribution is 7.13. The minimum absolute atomic E-state index is 0.181. The summed E-state index contributed by atoms with van der Waals surface area (Å²) in [5, 5.41) is 19.1. The molecule has 0 saturated carbocycles. The average molecular weight is 534 g/mol. The van der Waals surface area contributed by atoms with Gasteiger partial charge in [-0.25, -0.2) is 19.3 Å². The number of rotatable bonds is 10. The molecule has 0 aliphatic carbocycles. The van der Waals surface area contributed by atoms with E-state index in [4.69, 9.17) is 9.97 Å². The van der Waals surface area contributed by atoms with Gasteiger partial charge in [-0.1, -0.05) is 19.9 Å². The van der Waals surface area contributed by atoms with Crippen LogP contribution < -0.4 is 10.2 Å². The van der Waals surface area contributed by atoms with Crippen LogP contribution in [-0.2, 0) is 4.79 Å². The lowest BCUT2D eigenvalue weighted by atomic mass is 10.0. The molecule has 4 aromatic heterocycles. The van der Waals surface area contributed by atoms with Crippen molar-refractivity contribution in [3.8, 4) is 21.8 Å². The molecule has 1 aliphatic rings. The van der Waals surface area contributed by atoms with E-state index in [-0.39, 0.29) is 11.9 Å². The number of carbonyl (C=O) groups is 2. The fraction of sp³-hybridized carbons (Fsp3) is 0.370. The SMILES string of the molecule is CCN(CC)[C@@H](C)CNC(=O)c1cc(-c2cnn3ccc(-c4cccs4)nc23)nc(N2CC[C@H]2C(=O)O)c1. The number of nitrogens with one attached hydrogen (secondary N) is 1. The van der Waals surface area contributed by atoms with Crippen LogP contribution in [0.15, 0.2) is 48.1 Å². The summed E-state index contributed by atoms with van der Waals surface area (Å²) in [5.74, 6) is -0.678. The van der Waals surface area contributed by atoms with Gasteiger partial charge in [-0.05, 0) is 56.1 Å². The second-order valence-electron chi connectivity index (χ2n) is 9.33. The zero-order chi connectivity index (χ0) is 26.8. The smallest absolute Gasteiger partial charge is 0.326 e. The lowest BCUT2D eigenvalue weighted by Crippen LogP contribution is -2.53. The molecular formula is C27H31N7O3S. The zero-order valence-electron chi connectivity index (χ0n) is 21.7. The minimum Gasteiger partial charge on any atom is -0.480 e. The number of anilines is 1. The molecule has 4 aromatic rings. The number of amides is 1. The van der Waals surface area contributed by atoms with Gasteiger partial charge in [0.15, 0.2) is 5.65 Å². The van der Waals surface area contributed by atoms with Gasteiger partial charge in [0.1, 0.15) is 11.9 Å². The summed E-state index contributed by atoms with van der Waals surface area (Å²) in [6, 6.07) is 8.82. The van der Waals surface area contributed by atoms with Gasteiger partial charge in [0, 0.05) is 30.9 Å². The number of carbonyl (C=O) groups excluding carboxylic acids is 1. The van der Waals surface area contributed by atoms with E-state index < -0.39 is 12.0 Å². The molecule has 1 aliphatic heterocycles. The lowest BCUT2D eigenvalue weighted by molar-refractivity contribution is -0.140. The van der Waals surface area contributed by atoms with Gasteiger partial charge in [0.2, 0.25) is 0 Å². The molecule has 5 heterocycles. The van der Waals surface area contributed by atoms with Crippen molar-refractivity contribution in [3.05, 3.63) is 53.7 Å². The highest BCUT2D eigenvalue weighted by atomic mass is 32.1. The van der Waals surface area contributed by atoms with E-state index in [9.17, 15) is 14.7 Å². The van der Waals surface area contributed by atoms with Crippen molar-refractivity contribution >= 4 is 34.7 Å². The van der Waals surface area contributed by atoms with E-state index in [1.807, 2.05) is 29.8 Å². The number of pyridine rings is 1. The van der Waals surface area contributed by atoms with E-state index in [2.05, 4.69) is 36.1 Å². The molecule has 1 saturated heterocycles. The Balaban J connectivity index is 1.52. The summed E-state index contributed by atoms with van der Waals surface area (Å²) in [7, 11) is 0. The number of likely N-dealkylation sites (N-methyl/N-ethyl adjacent to an activating group) is 1. The van der Waals surface area contributed by atoms with Gasteiger partial charge in [0.05, 0.1) is 28.0 Å². The van der Waals surface area contributed by atoms with Gasteiger partial charge in [-0.15, -0.1) is 11.3 Å². The molecule has 1 fully saturated rings. The molecular weight excluding hydrogens is 502 g/mol. The highest BCUT2D eigenvalue weighted by Gasteiger charge is 2.35. The van der Waals surface area contributed by atoms with Crippen LogP contribution in [0.4, 0.5) is 5.82 Å². The van der Waals surface area contributed by atoms with Crippen LogP contribution in [0, 0.1) is 0 Å². The van der Waals surface area contributed by atoms with E-state index >= 15 is 0 Å². The number of carboxylic acids is 1. The second-order valence-corrected chi connectivity index (χ2v) is 10.3. The fourth-order valence-electron chi connectivity index (χ4n) is 4.78. The highest BCUT2D eigenvalue weighted by Crippen LogP contribution is 2.31. The van der Waals surface area contributed by atoms with Crippen molar-refractivity contribution in [2.24, 2.45) is 0 Å². The standard InChI is InChI=1S/C27H31N7O3S/c1-4-32(5-2)17(3)15-28-26(35)18-13-21(30-24(14-18)33-10-9-22(33)27(36)37)19-16-29-34-11-8-20(31-25(19)34)23-7-6-12-38-23/h6-8,11-14,16-17,22H,4-5,9-10,15H2,1-3H3,(H,28,35)(H,36,37)/t17-,22-/m0/s1. The fourth-order valence-corrected chi connectivity index (χ4v) is 5.48. The first kappa shape index (κ1) is 25.8. The quantitative estimate of drug-likeness (QED) is 0.317. The van der Waals surface area contributed by atoms with Crippen molar-refractivity contribution in [1.82, 2.24) is 29.8 Å². The van der Waals surface area contributed by atoms with E-state index in [0.29, 0.717) is 47.8 Å². The Morgan fingerprint density at radius 3 is 2.68 bits per heavy atom. The molecule has 0 radical (unpaired) electrons. The first-order valence-electron chi connectivity index (χ1n) is 12.8. The van der Waals surface area contributed by atoms with Crippen LogP contribution in [0.2, 0.25) is 0 Å². The normalized spacial score (nSPS) is 16.0. The number of hydrogen-bond acceptors (Lipinski definition) is 8. The molecule has 1 amide bonds. The van der Waals surface area contributed by atoms with Gasteiger partial charge >= 0.3 is 5.97 Å². The van der Waals surface area contributed by atoms with Crippen molar-refractivity contribution in [2.75, 3.05) is 31.1 Å². The van der Waals surface area contributed by atoms with Crippen LogP contribution in [0.3, 0.4) is 0 Å². The topological polar surface area (TPSA) is 116 Å². The number of thiophene rings is 1. The zero-order valence-corrected chi connectivity index (χ0v) is 22.5. The molecule has 11 heteroatoms. The summed E-state index contributed by atoms with van der Waals surface area (Å²) in [5.41, 5.74) is 3.04. The number of hydrogen-bond donors (Lipinski definition) is 2. The Morgan fingerprint density at radius 1 is 1.21 bits per heavy atom. The Kier molecular flexibility index (Phi) is 7.39. The number of carboxylic acid groups (broad SMARTS) is 1. The molecule has 0 aromatic carbocycles. The molecule has 2 N–H and O–H groups in total. The third-order valence-corrected chi connectivity index (χ3v) is 7.98. The van der Waals surface area contributed by atoms with Crippen molar-refractivity contribution in [1.29, 1.82) is 0 Å². The third-order valence-electron chi connectivity index (χ3n) is 7.09. The average Bonchev–Trinajstić information content (AvgIpc) is 3.57. The minimum atomic E-state index is -0.902. The van der Waals surface area contributed by atoms with Crippen LogP contribution in [0.1, 0.15) is 37.6 Å². The van der Waals surface area contributed by atoms with Gasteiger partial charge < -0.3 is 15.3 Å². The van der Waals surface area contributed by atoms with Crippen molar-refractivity contribution in [2.45, 2.75) is 39.3 Å². The molecule has 38 heavy (non-hydrogen) atoms. The van der Waals surface area contributed by atoms with E-state index in [0.717, 1.165) is 23.7 Å². The first-order chi connectivity index (χ1) is 18.4. The summed E-state index contributed by atoms with van der Waals surface area (Å²) in [4.78, 5) is 39.7. The Labute approximate surface area is 224 Å². The van der Waals surface area contributed by atoms with Gasteiger partial charge in [-0.3, -0.25) is 9.69 Å². The first-order valence-corrected chi connectivity index (χ1v) is 13.7. The molecule has 2 atom stereocenters. The Morgan fingerprint density at radius 2 is 2.03 bits per heavy atom. The summed E-state index contributed by atoms with van der Waals surface area (Å²) in [6.45, 7) is 9.15. The number of nitrogens with zero attached hydrogens (tertiary/aromatic N) is 6. The van der Waals surface area contributed by atoms with Crippen LogP contribution in [0.5, 0.6) is 0 Å². The summed E-state index contributed by atoms with van der Waals surface area (Å²) >= 11 is 1.60. The molecule has 0 bridgehead atoms. The van der Waals surface area contributed by atoms with E-state index in [1.54, 1.807) is 39.1 Å². The Hall–Kier alpha value is -3.83. The maximum atomic E-state index is 13.3. The monoisotopic (exact) mass is 533 g/mol. The molecule has 0 unspecified atom stereocenters. The predicted molar refractivity (Wildman–Crippen MR) is 148 cm³/mol. The summed E-state index contributed by atoms with van der Waals surface area (Å²) < 4.78 is 1.68. The number of aliphatic carboxylic acids is 1.